The van der Waals surface area contributed by atoms with Crippen molar-refractivity contribution in [1.29, 1.82) is 0 Å². The third-order valence-electron chi connectivity index (χ3n) is 3.45. The second kappa shape index (κ2) is 6.65. The summed E-state index contributed by atoms with van der Waals surface area (Å²) >= 11 is 5.84. The van der Waals surface area contributed by atoms with Crippen LogP contribution in [-0.2, 0) is 9.53 Å². The Morgan fingerprint density at radius 2 is 2.14 bits per heavy atom. The fraction of sp³-hybridized carbons (Fsp3) is 0.357. The number of amides is 2. The highest BCUT2D eigenvalue weighted by atomic mass is 35.5. The zero-order valence-electron chi connectivity index (χ0n) is 11.8. The first-order valence-corrected chi connectivity index (χ1v) is 6.96. The number of hydrogen-bond acceptors (Lipinski definition) is 4. The molecule has 7 nitrogen and oxygen atoms in total. The Kier molecular flexibility index (Phi) is 4.87. The number of carbonyl (C=O) groups excluding carboxylic acids is 2. The van der Waals surface area contributed by atoms with Crippen LogP contribution in [0.5, 0.6) is 0 Å². The van der Waals surface area contributed by atoms with Crippen molar-refractivity contribution in [1.82, 2.24) is 4.90 Å². The monoisotopic (exact) mass is 326 g/mol. The number of carbonyl (C=O) groups is 3. The number of ether oxygens (including phenoxy) is 1. The molecule has 22 heavy (non-hydrogen) atoms. The van der Waals surface area contributed by atoms with E-state index in [9.17, 15) is 14.4 Å². The standard InChI is InChI=1S/C14H15ClN2O5/c1-22-13(20)10-6-9(15)2-3-11(10)16-14(21)17-5-4-8(7-17)12(18)19/h2-3,6,8H,4-5,7H2,1H3,(H,16,21)(H,18,19). The molecule has 1 aromatic carbocycles. The highest BCUT2D eigenvalue weighted by Gasteiger charge is 2.31. The molecule has 0 spiro atoms. The van der Waals surface area contributed by atoms with E-state index < -0.39 is 23.9 Å². The highest BCUT2D eigenvalue weighted by molar-refractivity contribution is 6.31. The molecule has 0 aromatic heterocycles. The van der Waals surface area contributed by atoms with E-state index >= 15 is 0 Å². The number of methoxy groups -OCH3 is 1. The van der Waals surface area contributed by atoms with Crippen molar-refractivity contribution in [2.75, 3.05) is 25.5 Å². The summed E-state index contributed by atoms with van der Waals surface area (Å²) in [6.45, 7) is 0.492. The molecule has 2 rings (SSSR count). The van der Waals surface area contributed by atoms with Gasteiger partial charge in [0.15, 0.2) is 0 Å². The summed E-state index contributed by atoms with van der Waals surface area (Å²) in [6.07, 6.45) is 0.410. The lowest BCUT2D eigenvalue weighted by atomic mass is 10.1. The van der Waals surface area contributed by atoms with Gasteiger partial charge in [0.25, 0.3) is 0 Å². The summed E-state index contributed by atoms with van der Waals surface area (Å²) in [5.74, 6) is -2.10. The van der Waals surface area contributed by atoms with Crippen LogP contribution in [0.4, 0.5) is 10.5 Å². The van der Waals surface area contributed by atoms with Gasteiger partial charge in [0.2, 0.25) is 0 Å². The fourth-order valence-corrected chi connectivity index (χ4v) is 2.42. The molecule has 1 saturated heterocycles. The third kappa shape index (κ3) is 3.48. The topological polar surface area (TPSA) is 95.9 Å². The quantitative estimate of drug-likeness (QED) is 0.829. The van der Waals surface area contributed by atoms with Crippen molar-refractivity contribution in [2.24, 2.45) is 5.92 Å². The zero-order valence-corrected chi connectivity index (χ0v) is 12.6. The van der Waals surface area contributed by atoms with Gasteiger partial charge in [-0.1, -0.05) is 11.6 Å². The van der Waals surface area contributed by atoms with Crippen molar-refractivity contribution in [3.8, 4) is 0 Å². The van der Waals surface area contributed by atoms with E-state index in [4.69, 9.17) is 16.7 Å². The molecule has 1 heterocycles. The zero-order chi connectivity index (χ0) is 16.3. The normalized spacial score (nSPS) is 17.2. The van der Waals surface area contributed by atoms with Gasteiger partial charge in [-0.25, -0.2) is 9.59 Å². The van der Waals surface area contributed by atoms with Gasteiger partial charge in [-0.05, 0) is 24.6 Å². The minimum absolute atomic E-state index is 0.136. The van der Waals surface area contributed by atoms with Crippen LogP contribution in [0.15, 0.2) is 18.2 Å². The highest BCUT2D eigenvalue weighted by Crippen LogP contribution is 2.23. The molecular formula is C14H15ClN2O5. The second-order valence-electron chi connectivity index (χ2n) is 4.88. The van der Waals surface area contributed by atoms with Crippen LogP contribution in [0.25, 0.3) is 0 Å². The van der Waals surface area contributed by atoms with Crippen molar-refractivity contribution in [3.05, 3.63) is 28.8 Å². The Labute approximate surface area is 131 Å². The van der Waals surface area contributed by atoms with Crippen LogP contribution in [0.3, 0.4) is 0 Å². The first kappa shape index (κ1) is 16.1. The van der Waals surface area contributed by atoms with Gasteiger partial charge < -0.3 is 20.1 Å². The molecular weight excluding hydrogens is 312 g/mol. The van der Waals surface area contributed by atoms with Crippen LogP contribution in [0, 0.1) is 5.92 Å². The summed E-state index contributed by atoms with van der Waals surface area (Å²) in [6, 6.07) is 3.97. The third-order valence-corrected chi connectivity index (χ3v) is 3.69. The van der Waals surface area contributed by atoms with Crippen molar-refractivity contribution in [2.45, 2.75) is 6.42 Å². The SMILES string of the molecule is COC(=O)c1cc(Cl)ccc1NC(=O)N1CCC(C(=O)O)C1. The predicted molar refractivity (Wildman–Crippen MR) is 79.1 cm³/mol. The van der Waals surface area contributed by atoms with Gasteiger partial charge >= 0.3 is 18.0 Å². The molecule has 8 heteroatoms. The number of carboxylic acids is 1. The number of nitrogens with one attached hydrogen (secondary N) is 1. The number of rotatable bonds is 3. The number of carboxylic acid groups (broad SMARTS) is 1. The van der Waals surface area contributed by atoms with Crippen molar-refractivity contribution < 1.29 is 24.2 Å². The summed E-state index contributed by atoms with van der Waals surface area (Å²) in [4.78, 5) is 36.2. The molecule has 118 valence electrons. The van der Waals surface area contributed by atoms with Gasteiger partial charge in [0.1, 0.15) is 0 Å². The van der Waals surface area contributed by atoms with Crippen LogP contribution in [-0.4, -0.2) is 48.2 Å². The number of hydrogen-bond donors (Lipinski definition) is 2. The van der Waals surface area contributed by atoms with Gasteiger partial charge in [0, 0.05) is 18.1 Å². The maximum Gasteiger partial charge on any atom is 0.340 e. The van der Waals surface area contributed by atoms with E-state index in [1.807, 2.05) is 0 Å². The average molecular weight is 327 g/mol. The van der Waals surface area contributed by atoms with Crippen LogP contribution in [0.2, 0.25) is 5.02 Å². The molecule has 1 aromatic rings. The number of esters is 1. The number of halogens is 1. The Balaban J connectivity index is 2.12. The number of urea groups is 1. The van der Waals surface area contributed by atoms with Gasteiger partial charge in [-0.2, -0.15) is 0 Å². The second-order valence-corrected chi connectivity index (χ2v) is 5.32. The van der Waals surface area contributed by atoms with E-state index in [2.05, 4.69) is 10.1 Å². The van der Waals surface area contributed by atoms with Crippen LogP contribution >= 0.6 is 11.6 Å². The maximum absolute atomic E-state index is 12.2. The number of aliphatic carboxylic acids is 1. The van der Waals surface area contributed by atoms with Crippen LogP contribution < -0.4 is 5.32 Å². The Bertz CT molecular complexity index is 619. The molecule has 1 unspecified atom stereocenters. The molecule has 0 saturated carbocycles. The molecule has 1 atom stereocenters. The molecule has 0 radical (unpaired) electrons. The number of benzene rings is 1. The lowest BCUT2D eigenvalue weighted by Gasteiger charge is -2.18. The molecule has 0 bridgehead atoms. The van der Waals surface area contributed by atoms with E-state index in [0.29, 0.717) is 18.0 Å². The maximum atomic E-state index is 12.2. The van der Waals surface area contributed by atoms with Crippen molar-refractivity contribution in [3.63, 3.8) is 0 Å². The molecule has 2 N–H and O–H groups in total. The summed E-state index contributed by atoms with van der Waals surface area (Å²) in [5.41, 5.74) is 0.400. The van der Waals surface area contributed by atoms with E-state index in [1.54, 1.807) is 0 Å². The predicted octanol–water partition coefficient (Wildman–Crippen LogP) is 2.06. The number of nitrogens with zero attached hydrogens (tertiary/aromatic N) is 1. The Morgan fingerprint density at radius 3 is 2.73 bits per heavy atom. The molecule has 1 aliphatic heterocycles. The number of likely N-dealkylation sites (tertiary alicyclic amines) is 1. The Morgan fingerprint density at radius 1 is 1.41 bits per heavy atom. The molecule has 2 amide bonds. The lowest BCUT2D eigenvalue weighted by molar-refractivity contribution is -0.141. The van der Waals surface area contributed by atoms with Crippen LogP contribution in [0.1, 0.15) is 16.8 Å². The van der Waals surface area contributed by atoms with E-state index in [0.717, 1.165) is 0 Å². The lowest BCUT2D eigenvalue weighted by Crippen LogP contribution is -2.34. The molecule has 0 aliphatic carbocycles. The molecule has 1 fully saturated rings. The van der Waals surface area contributed by atoms with E-state index in [1.165, 1.54) is 30.2 Å². The average Bonchev–Trinajstić information content (AvgIpc) is 2.98. The Hall–Kier alpha value is -2.28. The van der Waals surface area contributed by atoms with Gasteiger partial charge in [-0.3, -0.25) is 4.79 Å². The van der Waals surface area contributed by atoms with Crippen molar-refractivity contribution >= 4 is 35.3 Å². The number of anilines is 1. The molecule has 1 aliphatic rings. The minimum atomic E-state index is -0.919. The first-order chi connectivity index (χ1) is 10.4. The first-order valence-electron chi connectivity index (χ1n) is 6.59. The van der Waals surface area contributed by atoms with Gasteiger partial charge in [0.05, 0.1) is 24.3 Å². The fourth-order valence-electron chi connectivity index (χ4n) is 2.24. The summed E-state index contributed by atoms with van der Waals surface area (Å²) < 4.78 is 4.65. The smallest absolute Gasteiger partial charge is 0.340 e. The summed E-state index contributed by atoms with van der Waals surface area (Å²) in [5, 5.41) is 11.9. The van der Waals surface area contributed by atoms with E-state index in [-0.39, 0.29) is 17.8 Å². The summed E-state index contributed by atoms with van der Waals surface area (Å²) in [7, 11) is 1.23. The van der Waals surface area contributed by atoms with Gasteiger partial charge in [-0.15, -0.1) is 0 Å². The minimum Gasteiger partial charge on any atom is -0.481 e. The largest absolute Gasteiger partial charge is 0.481 e.